The van der Waals surface area contributed by atoms with Crippen molar-refractivity contribution in [3.05, 3.63) is 33.8 Å². The summed E-state index contributed by atoms with van der Waals surface area (Å²) in [4.78, 5) is 12.2. The van der Waals surface area contributed by atoms with Crippen molar-refractivity contribution >= 4 is 29.0 Å². The molecule has 0 amide bonds. The highest BCUT2D eigenvalue weighted by Gasteiger charge is 2.25. The van der Waals surface area contributed by atoms with Crippen molar-refractivity contribution in [3.63, 3.8) is 0 Å². The molecule has 2 nitrogen and oxygen atoms in total. The van der Waals surface area contributed by atoms with Gasteiger partial charge in [0.2, 0.25) is 0 Å². The molecule has 0 N–H and O–H groups in total. The molecule has 1 fully saturated rings. The summed E-state index contributed by atoms with van der Waals surface area (Å²) in [5.41, 5.74) is 0.486. The molecule has 20 heavy (non-hydrogen) atoms. The number of ketones is 1. The lowest BCUT2D eigenvalue weighted by Crippen LogP contribution is -2.29. The molecule has 2 atom stereocenters. The molecule has 0 spiro atoms. The van der Waals surface area contributed by atoms with Gasteiger partial charge in [-0.25, -0.2) is 0 Å². The van der Waals surface area contributed by atoms with E-state index < -0.39 is 0 Å². The van der Waals surface area contributed by atoms with Gasteiger partial charge in [0.05, 0.1) is 11.1 Å². The number of halogens is 2. The fourth-order valence-corrected chi connectivity index (χ4v) is 3.35. The van der Waals surface area contributed by atoms with Crippen LogP contribution in [0.5, 0.6) is 0 Å². The summed E-state index contributed by atoms with van der Waals surface area (Å²) in [6, 6.07) is 4.93. The maximum Gasteiger partial charge on any atom is 0.189 e. The molecular weight excluding hydrogens is 295 g/mol. The normalized spacial score (nSPS) is 22.8. The van der Waals surface area contributed by atoms with Gasteiger partial charge in [0.15, 0.2) is 5.78 Å². The molecule has 1 aliphatic carbocycles. The Labute approximate surface area is 130 Å². The first-order valence-corrected chi connectivity index (χ1v) is 7.97. The van der Waals surface area contributed by atoms with Gasteiger partial charge in [0, 0.05) is 10.6 Å². The lowest BCUT2D eigenvalue weighted by molar-refractivity contribution is -0.00569. The van der Waals surface area contributed by atoms with Gasteiger partial charge in [-0.1, -0.05) is 49.4 Å². The van der Waals surface area contributed by atoms with E-state index >= 15 is 0 Å². The first-order chi connectivity index (χ1) is 9.61. The van der Waals surface area contributed by atoms with E-state index in [-0.39, 0.29) is 18.5 Å². The molecule has 1 aliphatic rings. The van der Waals surface area contributed by atoms with E-state index in [9.17, 15) is 4.79 Å². The van der Waals surface area contributed by atoms with Crippen LogP contribution in [-0.4, -0.2) is 18.5 Å². The Hall–Kier alpha value is -0.570. The number of rotatable bonds is 5. The van der Waals surface area contributed by atoms with Crippen molar-refractivity contribution in [1.82, 2.24) is 0 Å². The van der Waals surface area contributed by atoms with Crippen LogP contribution < -0.4 is 0 Å². The van der Waals surface area contributed by atoms with Crippen molar-refractivity contribution in [2.24, 2.45) is 5.92 Å². The first-order valence-electron chi connectivity index (χ1n) is 7.21. The summed E-state index contributed by atoms with van der Waals surface area (Å²) < 4.78 is 5.85. The highest BCUT2D eigenvalue weighted by Crippen LogP contribution is 2.29. The van der Waals surface area contributed by atoms with Crippen molar-refractivity contribution in [3.8, 4) is 0 Å². The Morgan fingerprint density at radius 3 is 2.75 bits per heavy atom. The average molecular weight is 315 g/mol. The fraction of sp³-hybridized carbons (Fsp3) is 0.562. The van der Waals surface area contributed by atoms with Gasteiger partial charge in [-0.2, -0.15) is 0 Å². The van der Waals surface area contributed by atoms with E-state index in [1.165, 1.54) is 19.3 Å². The minimum absolute atomic E-state index is 0.0768. The van der Waals surface area contributed by atoms with Crippen LogP contribution >= 0.6 is 23.2 Å². The second-order valence-corrected chi connectivity index (χ2v) is 6.19. The second-order valence-electron chi connectivity index (χ2n) is 5.35. The van der Waals surface area contributed by atoms with Crippen LogP contribution in [-0.2, 0) is 4.74 Å². The Morgan fingerprint density at radius 1 is 1.30 bits per heavy atom. The number of hydrogen-bond acceptors (Lipinski definition) is 2. The molecule has 0 saturated heterocycles. The molecule has 4 heteroatoms. The van der Waals surface area contributed by atoms with Gasteiger partial charge in [-0.15, -0.1) is 0 Å². The summed E-state index contributed by atoms with van der Waals surface area (Å²) in [5.74, 6) is 0.504. The SMILES string of the molecule is CCC1CCCCC1OCC(=O)c1ccc(Cl)cc1Cl. The number of hydrogen-bond donors (Lipinski definition) is 0. The van der Waals surface area contributed by atoms with Crippen LogP contribution in [0.1, 0.15) is 49.4 Å². The van der Waals surface area contributed by atoms with Crippen molar-refractivity contribution in [2.75, 3.05) is 6.61 Å². The summed E-state index contributed by atoms with van der Waals surface area (Å²) >= 11 is 11.9. The Morgan fingerprint density at radius 2 is 2.05 bits per heavy atom. The summed E-state index contributed by atoms with van der Waals surface area (Å²) in [7, 11) is 0. The Bertz CT molecular complexity index is 474. The molecule has 0 aliphatic heterocycles. The highest BCUT2D eigenvalue weighted by atomic mass is 35.5. The zero-order valence-corrected chi connectivity index (χ0v) is 13.2. The van der Waals surface area contributed by atoms with Gasteiger partial charge in [0.25, 0.3) is 0 Å². The smallest absolute Gasteiger partial charge is 0.189 e. The van der Waals surface area contributed by atoms with E-state index in [0.29, 0.717) is 21.5 Å². The van der Waals surface area contributed by atoms with Crippen LogP contribution in [0, 0.1) is 5.92 Å². The maximum atomic E-state index is 12.2. The summed E-state index contributed by atoms with van der Waals surface area (Å²) in [6.45, 7) is 2.28. The molecule has 1 aromatic carbocycles. The van der Waals surface area contributed by atoms with E-state index in [4.69, 9.17) is 27.9 Å². The van der Waals surface area contributed by atoms with E-state index in [1.54, 1.807) is 18.2 Å². The van der Waals surface area contributed by atoms with Crippen molar-refractivity contribution < 1.29 is 9.53 Å². The molecule has 0 radical (unpaired) electrons. The van der Waals surface area contributed by atoms with Crippen LogP contribution in [0.25, 0.3) is 0 Å². The van der Waals surface area contributed by atoms with Crippen LogP contribution in [0.3, 0.4) is 0 Å². The zero-order chi connectivity index (χ0) is 14.5. The molecule has 0 heterocycles. The topological polar surface area (TPSA) is 26.3 Å². The van der Waals surface area contributed by atoms with Crippen LogP contribution in [0.4, 0.5) is 0 Å². The number of carbonyl (C=O) groups is 1. The van der Waals surface area contributed by atoms with E-state index in [2.05, 4.69) is 6.92 Å². The Balaban J connectivity index is 1.94. The lowest BCUT2D eigenvalue weighted by atomic mass is 9.85. The standard InChI is InChI=1S/C16H20Cl2O2/c1-2-11-5-3-4-6-16(11)20-10-15(19)13-8-7-12(17)9-14(13)18/h7-9,11,16H,2-6,10H2,1H3. The minimum Gasteiger partial charge on any atom is -0.370 e. The average Bonchev–Trinajstić information content (AvgIpc) is 2.45. The van der Waals surface area contributed by atoms with Crippen LogP contribution in [0.2, 0.25) is 10.0 Å². The third kappa shape index (κ3) is 3.97. The number of carbonyl (C=O) groups excluding carboxylic acids is 1. The third-order valence-corrected chi connectivity index (χ3v) is 4.57. The monoisotopic (exact) mass is 314 g/mol. The maximum absolute atomic E-state index is 12.2. The molecular formula is C16H20Cl2O2. The lowest BCUT2D eigenvalue weighted by Gasteiger charge is -2.30. The largest absolute Gasteiger partial charge is 0.370 e. The first kappa shape index (κ1) is 15.8. The van der Waals surface area contributed by atoms with E-state index in [0.717, 1.165) is 12.8 Å². The second kappa shape index (κ2) is 7.44. The molecule has 2 unspecified atom stereocenters. The zero-order valence-electron chi connectivity index (χ0n) is 11.7. The number of benzene rings is 1. The van der Waals surface area contributed by atoms with Gasteiger partial charge in [-0.3, -0.25) is 4.79 Å². The molecule has 0 aromatic heterocycles. The summed E-state index contributed by atoms with van der Waals surface area (Å²) in [5, 5.41) is 0.924. The summed E-state index contributed by atoms with van der Waals surface area (Å²) in [6.07, 6.45) is 6.05. The van der Waals surface area contributed by atoms with Crippen molar-refractivity contribution in [2.45, 2.75) is 45.1 Å². The van der Waals surface area contributed by atoms with Gasteiger partial charge in [-0.05, 0) is 37.0 Å². The fourth-order valence-electron chi connectivity index (χ4n) is 2.84. The quantitative estimate of drug-likeness (QED) is 0.701. The predicted molar refractivity (Wildman–Crippen MR) is 82.8 cm³/mol. The predicted octanol–water partition coefficient (Wildman–Crippen LogP) is 5.16. The van der Waals surface area contributed by atoms with Gasteiger partial charge >= 0.3 is 0 Å². The molecule has 1 saturated carbocycles. The number of Topliss-reactive ketones (excluding diaryl/α,β-unsaturated/α-hetero) is 1. The molecule has 0 bridgehead atoms. The highest BCUT2D eigenvalue weighted by molar-refractivity contribution is 6.36. The minimum atomic E-state index is -0.0768. The van der Waals surface area contributed by atoms with Crippen LogP contribution in [0.15, 0.2) is 18.2 Å². The molecule has 1 aromatic rings. The van der Waals surface area contributed by atoms with Gasteiger partial charge in [0.1, 0.15) is 6.61 Å². The molecule has 2 rings (SSSR count). The number of ether oxygens (including phenoxy) is 1. The molecule has 110 valence electrons. The Kier molecular flexibility index (Phi) is 5.88. The van der Waals surface area contributed by atoms with Crippen molar-refractivity contribution in [1.29, 1.82) is 0 Å². The third-order valence-electron chi connectivity index (χ3n) is 4.02. The van der Waals surface area contributed by atoms with Gasteiger partial charge < -0.3 is 4.74 Å². The van der Waals surface area contributed by atoms with E-state index in [1.807, 2.05) is 0 Å².